The Morgan fingerprint density at radius 3 is 2.60 bits per heavy atom. The van der Waals surface area contributed by atoms with Crippen LogP contribution >= 0.6 is 0 Å². The fourth-order valence-corrected chi connectivity index (χ4v) is 4.97. The topological polar surface area (TPSA) is 82.9 Å². The summed E-state index contributed by atoms with van der Waals surface area (Å²) >= 11 is 0. The van der Waals surface area contributed by atoms with Crippen molar-refractivity contribution in [2.24, 2.45) is 5.92 Å². The van der Waals surface area contributed by atoms with Gasteiger partial charge >= 0.3 is 0 Å². The van der Waals surface area contributed by atoms with Crippen LogP contribution in [0.4, 0.5) is 0 Å². The van der Waals surface area contributed by atoms with Crippen LogP contribution in [0, 0.1) is 17.4 Å². The number of rotatable bonds is 7. The minimum Gasteiger partial charge on any atom is -0.497 e. The molecule has 0 radical (unpaired) electrons. The number of benzene rings is 1. The Bertz CT molecular complexity index is 743. The van der Waals surface area contributed by atoms with Crippen LogP contribution in [-0.2, 0) is 10.0 Å². The lowest BCUT2D eigenvalue weighted by Gasteiger charge is -2.30. The molecule has 0 bridgehead atoms. The van der Waals surface area contributed by atoms with E-state index in [1.165, 1.54) is 24.6 Å². The molecule has 0 saturated carbocycles. The zero-order chi connectivity index (χ0) is 18.6. The zero-order valence-electron chi connectivity index (χ0n) is 15.1. The van der Waals surface area contributed by atoms with Gasteiger partial charge in [-0.1, -0.05) is 13.8 Å². The second kappa shape index (κ2) is 7.93. The van der Waals surface area contributed by atoms with Crippen molar-refractivity contribution in [2.45, 2.75) is 31.2 Å². The Morgan fingerprint density at radius 1 is 1.36 bits per heavy atom. The summed E-state index contributed by atoms with van der Waals surface area (Å²) in [6, 6.07) is 4.51. The molecule has 25 heavy (non-hydrogen) atoms. The van der Waals surface area contributed by atoms with E-state index in [0.717, 1.165) is 0 Å². The highest BCUT2D eigenvalue weighted by Crippen LogP contribution is 2.33. The minimum atomic E-state index is -3.79. The third-order valence-electron chi connectivity index (χ3n) is 4.21. The second-order valence-corrected chi connectivity index (χ2v) is 8.33. The lowest BCUT2D eigenvalue weighted by Crippen LogP contribution is -2.43. The first-order chi connectivity index (χ1) is 11.8. The number of likely N-dealkylation sites (tertiary alicyclic amines) is 1. The SMILES string of the molecule is COc1ccc(OC)c(S(=O)(=O)N(CC(C)C)[C@@H]2CCN(C#N)C2)c1. The monoisotopic (exact) mass is 367 g/mol. The van der Waals surface area contributed by atoms with Crippen LogP contribution in [0.3, 0.4) is 0 Å². The third-order valence-corrected chi connectivity index (χ3v) is 6.15. The van der Waals surface area contributed by atoms with Gasteiger partial charge in [0, 0.05) is 31.7 Å². The molecule has 1 aliphatic rings. The molecule has 1 fully saturated rings. The molecular weight excluding hydrogens is 342 g/mol. The summed E-state index contributed by atoms with van der Waals surface area (Å²) < 4.78 is 38.7. The number of sulfonamides is 1. The average molecular weight is 367 g/mol. The molecule has 1 aliphatic heterocycles. The van der Waals surface area contributed by atoms with Crippen molar-refractivity contribution in [2.75, 3.05) is 33.9 Å². The molecule has 1 saturated heterocycles. The molecule has 0 N–H and O–H groups in total. The van der Waals surface area contributed by atoms with E-state index in [1.807, 2.05) is 13.8 Å². The Balaban J connectivity index is 2.47. The van der Waals surface area contributed by atoms with Crippen LogP contribution in [0.25, 0.3) is 0 Å². The standard InChI is InChI=1S/C17H25N3O4S/c1-13(2)10-20(14-7-8-19(11-14)12-18)25(21,22)17-9-15(23-3)5-6-16(17)24-4/h5-6,9,13-14H,7-8,10-11H2,1-4H3/t14-/m1/s1. The molecule has 0 aromatic heterocycles. The van der Waals surface area contributed by atoms with Crippen molar-refractivity contribution >= 4 is 10.0 Å². The molecule has 2 rings (SSSR count). The van der Waals surface area contributed by atoms with Gasteiger partial charge in [0.15, 0.2) is 6.19 Å². The average Bonchev–Trinajstić information content (AvgIpc) is 3.07. The van der Waals surface area contributed by atoms with E-state index in [9.17, 15) is 8.42 Å². The molecule has 8 heteroatoms. The first-order valence-electron chi connectivity index (χ1n) is 8.22. The molecule has 7 nitrogen and oxygen atoms in total. The fraction of sp³-hybridized carbons (Fsp3) is 0.588. The van der Waals surface area contributed by atoms with Crippen LogP contribution in [0.1, 0.15) is 20.3 Å². The summed E-state index contributed by atoms with van der Waals surface area (Å²) in [6.45, 7) is 5.31. The van der Waals surface area contributed by atoms with Crippen molar-refractivity contribution in [1.29, 1.82) is 5.26 Å². The highest BCUT2D eigenvalue weighted by molar-refractivity contribution is 7.89. The van der Waals surface area contributed by atoms with Gasteiger partial charge in [-0.25, -0.2) is 8.42 Å². The predicted molar refractivity (Wildman–Crippen MR) is 93.9 cm³/mol. The Labute approximate surface area is 149 Å². The fourth-order valence-electron chi connectivity index (χ4n) is 2.98. The Hall–Kier alpha value is -1.98. The van der Waals surface area contributed by atoms with E-state index in [-0.39, 0.29) is 22.6 Å². The zero-order valence-corrected chi connectivity index (χ0v) is 15.9. The maximum Gasteiger partial charge on any atom is 0.247 e. The van der Waals surface area contributed by atoms with Gasteiger partial charge in [0.2, 0.25) is 10.0 Å². The molecule has 138 valence electrons. The maximum atomic E-state index is 13.4. The summed E-state index contributed by atoms with van der Waals surface area (Å²) in [5, 5.41) is 9.09. The van der Waals surface area contributed by atoms with Gasteiger partial charge in [-0.3, -0.25) is 0 Å². The van der Waals surface area contributed by atoms with Crippen molar-refractivity contribution in [3.63, 3.8) is 0 Å². The molecule has 0 aliphatic carbocycles. The molecule has 1 atom stereocenters. The summed E-state index contributed by atoms with van der Waals surface area (Å²) in [6.07, 6.45) is 2.73. The van der Waals surface area contributed by atoms with Crippen LogP contribution in [0.2, 0.25) is 0 Å². The van der Waals surface area contributed by atoms with E-state index in [2.05, 4.69) is 6.19 Å². The molecular formula is C17H25N3O4S. The van der Waals surface area contributed by atoms with E-state index in [4.69, 9.17) is 14.7 Å². The molecule has 1 heterocycles. The van der Waals surface area contributed by atoms with Crippen molar-refractivity contribution in [3.8, 4) is 17.7 Å². The molecule has 1 aromatic rings. The van der Waals surface area contributed by atoms with Crippen molar-refractivity contribution < 1.29 is 17.9 Å². The van der Waals surface area contributed by atoms with Gasteiger partial charge in [-0.15, -0.1) is 0 Å². The van der Waals surface area contributed by atoms with Crippen molar-refractivity contribution in [1.82, 2.24) is 9.21 Å². The van der Waals surface area contributed by atoms with Gasteiger partial charge in [-0.2, -0.15) is 9.57 Å². The first-order valence-corrected chi connectivity index (χ1v) is 9.66. The van der Waals surface area contributed by atoms with E-state index in [0.29, 0.717) is 31.8 Å². The van der Waals surface area contributed by atoms with Crippen LogP contribution in [0.5, 0.6) is 11.5 Å². The minimum absolute atomic E-state index is 0.0883. The molecule has 0 spiro atoms. The molecule has 0 unspecified atom stereocenters. The van der Waals surface area contributed by atoms with Gasteiger partial charge in [0.05, 0.1) is 14.2 Å². The number of ether oxygens (including phenoxy) is 2. The number of hydrogen-bond acceptors (Lipinski definition) is 6. The quantitative estimate of drug-likeness (QED) is 0.685. The molecule has 1 aromatic carbocycles. The highest BCUT2D eigenvalue weighted by atomic mass is 32.2. The number of nitrogens with zero attached hydrogens (tertiary/aromatic N) is 3. The van der Waals surface area contributed by atoms with Crippen molar-refractivity contribution in [3.05, 3.63) is 18.2 Å². The van der Waals surface area contributed by atoms with E-state index in [1.54, 1.807) is 17.0 Å². The smallest absolute Gasteiger partial charge is 0.247 e. The Kier molecular flexibility index (Phi) is 6.14. The van der Waals surface area contributed by atoms with Gasteiger partial charge in [-0.05, 0) is 24.5 Å². The Morgan fingerprint density at radius 2 is 2.08 bits per heavy atom. The summed E-state index contributed by atoms with van der Waals surface area (Å²) in [5.74, 6) is 0.890. The van der Waals surface area contributed by atoms with Gasteiger partial charge in [0.1, 0.15) is 16.4 Å². The second-order valence-electron chi connectivity index (χ2n) is 6.47. The van der Waals surface area contributed by atoms with Gasteiger partial charge < -0.3 is 14.4 Å². The predicted octanol–water partition coefficient (Wildman–Crippen LogP) is 1.91. The number of hydrogen-bond donors (Lipinski definition) is 0. The van der Waals surface area contributed by atoms with Crippen LogP contribution in [0.15, 0.2) is 23.1 Å². The van der Waals surface area contributed by atoms with Crippen LogP contribution < -0.4 is 9.47 Å². The maximum absolute atomic E-state index is 13.4. The first kappa shape index (κ1) is 19.3. The number of nitriles is 1. The summed E-state index contributed by atoms with van der Waals surface area (Å²) in [5.41, 5.74) is 0. The lowest BCUT2D eigenvalue weighted by molar-refractivity contribution is 0.290. The summed E-state index contributed by atoms with van der Waals surface area (Å²) in [4.78, 5) is 1.68. The number of methoxy groups -OCH3 is 2. The van der Waals surface area contributed by atoms with E-state index >= 15 is 0 Å². The molecule has 0 amide bonds. The van der Waals surface area contributed by atoms with Gasteiger partial charge in [0.25, 0.3) is 0 Å². The normalized spacial score (nSPS) is 17.8. The van der Waals surface area contributed by atoms with E-state index < -0.39 is 10.0 Å². The third kappa shape index (κ3) is 4.17. The van der Waals surface area contributed by atoms with Crippen LogP contribution in [-0.4, -0.2) is 57.5 Å². The largest absolute Gasteiger partial charge is 0.497 e. The summed E-state index contributed by atoms with van der Waals surface area (Å²) in [7, 11) is -0.857. The highest BCUT2D eigenvalue weighted by Gasteiger charge is 2.37. The lowest BCUT2D eigenvalue weighted by atomic mass is 10.2.